The van der Waals surface area contributed by atoms with Gasteiger partial charge in [-0.25, -0.2) is 0 Å². The zero-order valence-corrected chi connectivity index (χ0v) is 17.9. The fourth-order valence-electron chi connectivity index (χ4n) is 4.63. The van der Waals surface area contributed by atoms with Crippen LogP contribution in [0.2, 0.25) is 0 Å². The summed E-state index contributed by atoms with van der Waals surface area (Å²) < 4.78 is 2.28. The van der Waals surface area contributed by atoms with E-state index in [-0.39, 0.29) is 11.5 Å². The minimum absolute atomic E-state index is 0.111. The molecule has 2 saturated heterocycles. The minimum Gasteiger partial charge on any atom is -0.348 e. The van der Waals surface area contributed by atoms with Crippen molar-refractivity contribution >= 4 is 12.0 Å². The van der Waals surface area contributed by atoms with Crippen LogP contribution in [-0.4, -0.2) is 52.5 Å². The number of nitrogens with zero attached hydrogens (tertiary/aromatic N) is 4. The van der Waals surface area contributed by atoms with Crippen molar-refractivity contribution in [3.8, 4) is 6.07 Å². The lowest BCUT2D eigenvalue weighted by Crippen LogP contribution is -2.49. The van der Waals surface area contributed by atoms with Gasteiger partial charge in [-0.05, 0) is 76.2 Å². The van der Waals surface area contributed by atoms with E-state index < -0.39 is 0 Å². The summed E-state index contributed by atoms with van der Waals surface area (Å²) in [6.07, 6.45) is 6.50. The molecule has 0 saturated carbocycles. The van der Waals surface area contributed by atoms with Crippen molar-refractivity contribution in [1.29, 1.82) is 5.26 Å². The number of aromatic nitrogens is 1. The molecule has 1 aromatic rings. The predicted octanol–water partition coefficient (Wildman–Crippen LogP) is 3.75. The van der Waals surface area contributed by atoms with E-state index in [0.717, 1.165) is 56.8 Å². The number of likely N-dealkylation sites (tertiary alicyclic amines) is 2. The lowest BCUT2D eigenvalue weighted by atomic mass is 10.0. The zero-order chi connectivity index (χ0) is 20.3. The van der Waals surface area contributed by atoms with Gasteiger partial charge in [0, 0.05) is 37.1 Å². The molecular weight excluding hydrogens is 348 g/mol. The Morgan fingerprint density at radius 1 is 1.25 bits per heavy atom. The van der Waals surface area contributed by atoms with Gasteiger partial charge in [-0.3, -0.25) is 9.69 Å². The van der Waals surface area contributed by atoms with Crippen LogP contribution in [0.15, 0.2) is 11.6 Å². The van der Waals surface area contributed by atoms with Crippen LogP contribution >= 0.6 is 0 Å². The van der Waals surface area contributed by atoms with Gasteiger partial charge < -0.3 is 9.47 Å². The maximum absolute atomic E-state index is 13.1. The smallest absolute Gasteiger partial charge is 0.264 e. The average molecular weight is 383 g/mol. The summed E-state index contributed by atoms with van der Waals surface area (Å²) in [5.41, 5.74) is 3.54. The van der Waals surface area contributed by atoms with Crippen molar-refractivity contribution in [3.05, 3.63) is 28.6 Å². The third-order valence-corrected chi connectivity index (χ3v) is 6.15. The van der Waals surface area contributed by atoms with Gasteiger partial charge in [0.2, 0.25) is 0 Å². The summed E-state index contributed by atoms with van der Waals surface area (Å²) in [6.45, 7) is 13.3. The highest BCUT2D eigenvalue weighted by Gasteiger charge is 2.30. The second-order valence-electron chi connectivity index (χ2n) is 8.79. The number of carbonyl (C=O) groups is 1. The Balaban J connectivity index is 1.77. The van der Waals surface area contributed by atoms with Crippen LogP contribution < -0.4 is 0 Å². The number of amides is 1. The number of nitriles is 1. The van der Waals surface area contributed by atoms with Crippen molar-refractivity contribution in [2.75, 3.05) is 26.2 Å². The molecule has 1 unspecified atom stereocenters. The van der Waals surface area contributed by atoms with Gasteiger partial charge in [-0.15, -0.1) is 0 Å². The van der Waals surface area contributed by atoms with Gasteiger partial charge in [0.05, 0.1) is 0 Å². The molecule has 0 radical (unpaired) electrons. The Kier molecular flexibility index (Phi) is 6.61. The van der Waals surface area contributed by atoms with Crippen LogP contribution in [0.3, 0.4) is 0 Å². The third kappa shape index (κ3) is 4.50. The predicted molar refractivity (Wildman–Crippen MR) is 113 cm³/mol. The fourth-order valence-corrected chi connectivity index (χ4v) is 4.63. The lowest BCUT2D eigenvalue weighted by molar-refractivity contribution is -0.128. The molecule has 1 aromatic heterocycles. The quantitative estimate of drug-likeness (QED) is 0.576. The Bertz CT molecular complexity index is 777. The van der Waals surface area contributed by atoms with Gasteiger partial charge >= 0.3 is 0 Å². The van der Waals surface area contributed by atoms with E-state index in [1.165, 1.54) is 18.5 Å². The molecule has 152 valence electrons. The number of hydrogen-bond donors (Lipinski definition) is 0. The molecule has 0 aliphatic carbocycles. The van der Waals surface area contributed by atoms with Gasteiger partial charge in [0.1, 0.15) is 11.6 Å². The standard InChI is InChI=1S/C23H34N4O/c1-17(2)15-27-18(3)12-20(19(27)4)13-21(14-24)23(28)26-11-7-8-22(16-26)25-9-5-6-10-25/h12-13,17,22H,5-11,15-16H2,1-4H3/b21-13-. The Morgan fingerprint density at radius 3 is 2.61 bits per heavy atom. The summed E-state index contributed by atoms with van der Waals surface area (Å²) >= 11 is 0. The van der Waals surface area contributed by atoms with Crippen molar-refractivity contribution in [1.82, 2.24) is 14.4 Å². The van der Waals surface area contributed by atoms with E-state index in [0.29, 0.717) is 12.0 Å². The molecule has 3 heterocycles. The Morgan fingerprint density at radius 2 is 1.96 bits per heavy atom. The highest BCUT2D eigenvalue weighted by molar-refractivity contribution is 6.01. The number of carbonyl (C=O) groups excluding carboxylic acids is 1. The molecule has 28 heavy (non-hydrogen) atoms. The summed E-state index contributed by atoms with van der Waals surface area (Å²) in [7, 11) is 0. The fraction of sp³-hybridized carbons (Fsp3) is 0.652. The van der Waals surface area contributed by atoms with E-state index in [1.54, 1.807) is 6.08 Å². The summed E-state index contributed by atoms with van der Waals surface area (Å²) in [5.74, 6) is 0.439. The topological polar surface area (TPSA) is 52.3 Å². The first-order chi connectivity index (χ1) is 13.4. The Hall–Kier alpha value is -2.06. The second kappa shape index (κ2) is 8.96. The highest BCUT2D eigenvalue weighted by Crippen LogP contribution is 2.23. The third-order valence-electron chi connectivity index (χ3n) is 6.15. The molecule has 0 aromatic carbocycles. The number of rotatable bonds is 5. The second-order valence-corrected chi connectivity index (χ2v) is 8.79. The SMILES string of the molecule is Cc1cc(/C=C(/C#N)C(=O)N2CCCC(N3CCCC3)C2)c(C)n1CC(C)C. The van der Waals surface area contributed by atoms with Crippen LogP contribution in [0.4, 0.5) is 0 Å². The minimum atomic E-state index is -0.111. The van der Waals surface area contributed by atoms with E-state index in [9.17, 15) is 10.1 Å². The van der Waals surface area contributed by atoms with Crippen molar-refractivity contribution in [3.63, 3.8) is 0 Å². The molecule has 1 atom stereocenters. The molecule has 2 fully saturated rings. The normalized spacial score (nSPS) is 21.4. The van der Waals surface area contributed by atoms with Crippen LogP contribution in [0.25, 0.3) is 6.08 Å². The number of aryl methyl sites for hydroxylation is 1. The maximum atomic E-state index is 13.1. The van der Waals surface area contributed by atoms with E-state index in [1.807, 2.05) is 4.90 Å². The van der Waals surface area contributed by atoms with Crippen LogP contribution in [0, 0.1) is 31.1 Å². The van der Waals surface area contributed by atoms with Crippen LogP contribution in [0.1, 0.15) is 56.5 Å². The van der Waals surface area contributed by atoms with Gasteiger partial charge in [-0.1, -0.05) is 13.8 Å². The van der Waals surface area contributed by atoms with Crippen LogP contribution in [0.5, 0.6) is 0 Å². The molecule has 0 spiro atoms. The molecule has 2 aliphatic heterocycles. The zero-order valence-electron chi connectivity index (χ0n) is 17.9. The van der Waals surface area contributed by atoms with Gasteiger partial charge in [0.15, 0.2) is 0 Å². The average Bonchev–Trinajstić information content (AvgIpc) is 3.30. The maximum Gasteiger partial charge on any atom is 0.264 e. The summed E-state index contributed by atoms with van der Waals surface area (Å²) in [4.78, 5) is 17.5. The number of hydrogen-bond acceptors (Lipinski definition) is 3. The van der Waals surface area contributed by atoms with Crippen molar-refractivity contribution < 1.29 is 4.79 Å². The first kappa shape index (κ1) is 20.7. The lowest BCUT2D eigenvalue weighted by Gasteiger charge is -2.37. The van der Waals surface area contributed by atoms with Gasteiger partial charge in [0.25, 0.3) is 5.91 Å². The highest BCUT2D eigenvalue weighted by atomic mass is 16.2. The molecule has 0 N–H and O–H groups in total. The van der Waals surface area contributed by atoms with Crippen molar-refractivity contribution in [2.45, 2.75) is 66.0 Å². The van der Waals surface area contributed by atoms with E-state index in [4.69, 9.17) is 0 Å². The van der Waals surface area contributed by atoms with Crippen LogP contribution in [-0.2, 0) is 11.3 Å². The van der Waals surface area contributed by atoms with Crippen molar-refractivity contribution in [2.24, 2.45) is 5.92 Å². The molecule has 0 bridgehead atoms. The molecule has 2 aliphatic rings. The molecule has 3 rings (SSSR count). The molecule has 5 nitrogen and oxygen atoms in total. The molecule has 1 amide bonds. The summed E-state index contributed by atoms with van der Waals surface area (Å²) in [6, 6.07) is 4.72. The first-order valence-electron chi connectivity index (χ1n) is 10.7. The first-order valence-corrected chi connectivity index (χ1v) is 10.7. The van der Waals surface area contributed by atoms with E-state index in [2.05, 4.69) is 49.3 Å². The monoisotopic (exact) mass is 382 g/mol. The Labute approximate surface area is 169 Å². The number of piperidine rings is 1. The molecular formula is C23H34N4O. The largest absolute Gasteiger partial charge is 0.348 e. The van der Waals surface area contributed by atoms with E-state index >= 15 is 0 Å². The van der Waals surface area contributed by atoms with Gasteiger partial charge in [-0.2, -0.15) is 5.26 Å². The molecule has 5 heteroatoms. The summed E-state index contributed by atoms with van der Waals surface area (Å²) in [5, 5.41) is 9.70.